The van der Waals surface area contributed by atoms with E-state index >= 15 is 0 Å². The highest BCUT2D eigenvalue weighted by atomic mass is 16.5. The lowest BCUT2D eigenvalue weighted by Crippen LogP contribution is -2.22. The minimum Gasteiger partial charge on any atom is -0.465 e. The Hall–Kier alpha value is -1.91. The SMILES string of the molecule is CCOC(=O)C1CCC/C1=N/Nc1cccc(C)n1. The molecule has 0 radical (unpaired) electrons. The average molecular weight is 261 g/mol. The van der Waals surface area contributed by atoms with Crippen LogP contribution in [0, 0.1) is 12.8 Å². The number of nitrogens with one attached hydrogen (secondary N) is 1. The maximum Gasteiger partial charge on any atom is 0.314 e. The molecule has 0 saturated heterocycles. The predicted octanol–water partition coefficient (Wildman–Crippen LogP) is 2.52. The maximum absolute atomic E-state index is 11.8. The van der Waals surface area contributed by atoms with Gasteiger partial charge in [-0.15, -0.1) is 0 Å². The molecule has 1 aliphatic carbocycles. The molecule has 0 bridgehead atoms. The summed E-state index contributed by atoms with van der Waals surface area (Å²) in [7, 11) is 0. The zero-order chi connectivity index (χ0) is 13.7. The zero-order valence-electron chi connectivity index (χ0n) is 11.3. The van der Waals surface area contributed by atoms with E-state index in [2.05, 4.69) is 15.5 Å². The Morgan fingerprint density at radius 3 is 3.16 bits per heavy atom. The fourth-order valence-electron chi connectivity index (χ4n) is 2.19. The van der Waals surface area contributed by atoms with Gasteiger partial charge in [-0.2, -0.15) is 5.10 Å². The number of nitrogens with zero attached hydrogens (tertiary/aromatic N) is 2. The molecule has 5 nitrogen and oxygen atoms in total. The van der Waals surface area contributed by atoms with E-state index in [1.54, 1.807) is 0 Å². The monoisotopic (exact) mass is 261 g/mol. The summed E-state index contributed by atoms with van der Waals surface area (Å²) in [6.45, 7) is 4.16. The molecule has 0 amide bonds. The summed E-state index contributed by atoms with van der Waals surface area (Å²) in [6.07, 6.45) is 2.63. The summed E-state index contributed by atoms with van der Waals surface area (Å²) in [4.78, 5) is 16.1. The minimum absolute atomic E-state index is 0.169. The standard InChI is InChI=1S/C14H19N3O2/c1-3-19-14(18)11-7-5-8-12(11)16-17-13-9-4-6-10(2)15-13/h4,6,9,11H,3,5,7-8H2,1-2H3,(H,15,17)/b16-12-. The Balaban J connectivity index is 2.03. The highest BCUT2D eigenvalue weighted by molar-refractivity contribution is 6.03. The first-order chi connectivity index (χ1) is 9.20. The third-order valence-corrected chi connectivity index (χ3v) is 3.10. The van der Waals surface area contributed by atoms with Gasteiger partial charge in [0.25, 0.3) is 0 Å². The molecule has 102 valence electrons. The van der Waals surface area contributed by atoms with E-state index in [0.717, 1.165) is 30.7 Å². The molecule has 1 fully saturated rings. The van der Waals surface area contributed by atoms with Crippen molar-refractivity contribution in [1.82, 2.24) is 4.98 Å². The van der Waals surface area contributed by atoms with Crippen molar-refractivity contribution in [2.75, 3.05) is 12.0 Å². The van der Waals surface area contributed by atoms with E-state index in [0.29, 0.717) is 12.4 Å². The number of carbonyl (C=O) groups is 1. The van der Waals surface area contributed by atoms with E-state index < -0.39 is 0 Å². The highest BCUT2D eigenvalue weighted by Crippen LogP contribution is 2.24. The van der Waals surface area contributed by atoms with Gasteiger partial charge in [0.15, 0.2) is 0 Å². The molecule has 1 saturated carbocycles. The number of anilines is 1. The number of pyridine rings is 1. The van der Waals surface area contributed by atoms with Gasteiger partial charge in [-0.1, -0.05) is 6.07 Å². The Morgan fingerprint density at radius 1 is 1.58 bits per heavy atom. The summed E-state index contributed by atoms with van der Waals surface area (Å²) >= 11 is 0. The first kappa shape index (κ1) is 13.5. The van der Waals surface area contributed by atoms with Gasteiger partial charge >= 0.3 is 5.97 Å². The van der Waals surface area contributed by atoms with Gasteiger partial charge in [-0.05, 0) is 45.2 Å². The summed E-state index contributed by atoms with van der Waals surface area (Å²) in [5.41, 5.74) is 4.72. The second-order valence-corrected chi connectivity index (χ2v) is 4.58. The molecule has 1 atom stereocenters. The number of hydrazone groups is 1. The van der Waals surface area contributed by atoms with Crippen molar-refractivity contribution in [2.24, 2.45) is 11.0 Å². The topological polar surface area (TPSA) is 63.6 Å². The molecule has 0 spiro atoms. The molecular formula is C14H19N3O2. The van der Waals surface area contributed by atoms with E-state index in [9.17, 15) is 4.79 Å². The van der Waals surface area contributed by atoms with Crippen LogP contribution in [-0.2, 0) is 9.53 Å². The van der Waals surface area contributed by atoms with Gasteiger partial charge in [0.1, 0.15) is 5.82 Å². The van der Waals surface area contributed by atoms with Crippen molar-refractivity contribution in [3.63, 3.8) is 0 Å². The fraction of sp³-hybridized carbons (Fsp3) is 0.500. The van der Waals surface area contributed by atoms with E-state index in [-0.39, 0.29) is 11.9 Å². The van der Waals surface area contributed by atoms with Crippen molar-refractivity contribution >= 4 is 17.5 Å². The number of aryl methyl sites for hydroxylation is 1. The van der Waals surface area contributed by atoms with Crippen molar-refractivity contribution < 1.29 is 9.53 Å². The molecule has 1 aliphatic rings. The first-order valence-corrected chi connectivity index (χ1v) is 6.63. The maximum atomic E-state index is 11.8. The molecule has 19 heavy (non-hydrogen) atoms. The molecule has 1 aromatic rings. The number of rotatable bonds is 4. The Labute approximate surface area is 113 Å². The smallest absolute Gasteiger partial charge is 0.314 e. The zero-order valence-corrected chi connectivity index (χ0v) is 11.3. The van der Waals surface area contributed by atoms with Crippen LogP contribution in [0.2, 0.25) is 0 Å². The third-order valence-electron chi connectivity index (χ3n) is 3.10. The molecule has 0 aromatic carbocycles. The van der Waals surface area contributed by atoms with Crippen LogP contribution in [0.25, 0.3) is 0 Å². The van der Waals surface area contributed by atoms with Gasteiger partial charge < -0.3 is 4.74 Å². The molecule has 1 aromatic heterocycles. The van der Waals surface area contributed by atoms with Crippen LogP contribution in [0.15, 0.2) is 23.3 Å². The van der Waals surface area contributed by atoms with E-state index in [1.165, 1.54) is 0 Å². The van der Waals surface area contributed by atoms with Crippen LogP contribution in [0.5, 0.6) is 0 Å². The average Bonchev–Trinajstić information content (AvgIpc) is 2.85. The Kier molecular flexibility index (Phi) is 4.49. The first-order valence-electron chi connectivity index (χ1n) is 6.63. The van der Waals surface area contributed by atoms with Crippen molar-refractivity contribution in [3.05, 3.63) is 23.9 Å². The van der Waals surface area contributed by atoms with E-state index in [1.807, 2.05) is 32.0 Å². The van der Waals surface area contributed by atoms with Gasteiger partial charge in [-0.3, -0.25) is 10.2 Å². The molecule has 1 N–H and O–H groups in total. The van der Waals surface area contributed by atoms with Crippen LogP contribution >= 0.6 is 0 Å². The molecule has 1 heterocycles. The van der Waals surface area contributed by atoms with Crippen LogP contribution < -0.4 is 5.43 Å². The number of carbonyl (C=O) groups excluding carboxylic acids is 1. The Morgan fingerprint density at radius 2 is 2.42 bits per heavy atom. The van der Waals surface area contributed by atoms with Crippen LogP contribution in [0.1, 0.15) is 31.9 Å². The van der Waals surface area contributed by atoms with Crippen molar-refractivity contribution in [1.29, 1.82) is 0 Å². The van der Waals surface area contributed by atoms with Gasteiger partial charge in [0, 0.05) is 5.69 Å². The summed E-state index contributed by atoms with van der Waals surface area (Å²) in [6, 6.07) is 5.70. The fourth-order valence-corrected chi connectivity index (χ4v) is 2.19. The largest absolute Gasteiger partial charge is 0.465 e. The molecule has 0 aliphatic heterocycles. The molecule has 2 rings (SSSR count). The molecule has 5 heteroatoms. The van der Waals surface area contributed by atoms with Gasteiger partial charge in [0.2, 0.25) is 0 Å². The number of hydrogen-bond acceptors (Lipinski definition) is 5. The van der Waals surface area contributed by atoms with Crippen LogP contribution in [0.3, 0.4) is 0 Å². The number of aromatic nitrogens is 1. The van der Waals surface area contributed by atoms with Crippen molar-refractivity contribution in [3.8, 4) is 0 Å². The van der Waals surface area contributed by atoms with Crippen LogP contribution in [0.4, 0.5) is 5.82 Å². The Bertz CT molecular complexity index is 485. The van der Waals surface area contributed by atoms with Gasteiger partial charge in [-0.25, -0.2) is 4.98 Å². The predicted molar refractivity (Wildman–Crippen MR) is 74.0 cm³/mol. The normalized spacial score (nSPS) is 20.5. The number of esters is 1. The minimum atomic E-state index is -0.197. The summed E-state index contributed by atoms with van der Waals surface area (Å²) < 4.78 is 5.06. The summed E-state index contributed by atoms with van der Waals surface area (Å²) in [5, 5.41) is 4.32. The lowest BCUT2D eigenvalue weighted by Gasteiger charge is -2.10. The number of ether oxygens (including phenoxy) is 1. The highest BCUT2D eigenvalue weighted by Gasteiger charge is 2.30. The van der Waals surface area contributed by atoms with Crippen molar-refractivity contribution in [2.45, 2.75) is 33.1 Å². The quantitative estimate of drug-likeness (QED) is 0.668. The molecule has 1 unspecified atom stereocenters. The lowest BCUT2D eigenvalue weighted by molar-refractivity contribution is -0.145. The second-order valence-electron chi connectivity index (χ2n) is 4.58. The van der Waals surface area contributed by atoms with E-state index in [4.69, 9.17) is 4.74 Å². The summed E-state index contributed by atoms with van der Waals surface area (Å²) in [5.74, 6) is 0.331. The lowest BCUT2D eigenvalue weighted by atomic mass is 10.1. The second kappa shape index (κ2) is 6.31. The number of hydrogen-bond donors (Lipinski definition) is 1. The third kappa shape index (κ3) is 3.53. The van der Waals surface area contributed by atoms with Gasteiger partial charge in [0.05, 0.1) is 18.2 Å². The van der Waals surface area contributed by atoms with Crippen LogP contribution in [-0.4, -0.2) is 23.3 Å². The molecular weight excluding hydrogens is 242 g/mol.